The van der Waals surface area contributed by atoms with Crippen molar-refractivity contribution >= 4 is 17.6 Å². The molecule has 0 heterocycles. The molecule has 0 amide bonds. The Kier molecular flexibility index (Phi) is 3.96. The van der Waals surface area contributed by atoms with Crippen LogP contribution in [0.2, 0.25) is 0 Å². The van der Waals surface area contributed by atoms with Crippen LogP contribution in [0.1, 0.15) is 22.3 Å². The van der Waals surface area contributed by atoms with Crippen molar-refractivity contribution in [2.75, 3.05) is 0 Å². The number of nitrogen functional groups attached to an aromatic ring is 1. The van der Waals surface area contributed by atoms with Crippen LogP contribution in [0.25, 0.3) is 0 Å². The van der Waals surface area contributed by atoms with Gasteiger partial charge < -0.3 is 5.73 Å². The van der Waals surface area contributed by atoms with Gasteiger partial charge in [-0.2, -0.15) is 0 Å². The molecule has 3 heteroatoms. The topological polar surface area (TPSA) is 49.9 Å². The first-order valence-electron chi connectivity index (χ1n) is 6.17. The third kappa shape index (κ3) is 3.18. The Bertz CT molecular complexity index is 633. The van der Waals surface area contributed by atoms with Crippen molar-refractivity contribution in [3.05, 3.63) is 58.7 Å². The van der Waals surface area contributed by atoms with E-state index in [4.69, 9.17) is 11.1 Å². The molecule has 2 aromatic rings. The van der Waals surface area contributed by atoms with E-state index in [0.29, 0.717) is 0 Å². The van der Waals surface area contributed by atoms with E-state index in [1.807, 2.05) is 19.1 Å². The van der Waals surface area contributed by atoms with Crippen molar-refractivity contribution in [2.24, 2.45) is 5.73 Å². The van der Waals surface area contributed by atoms with Gasteiger partial charge in [0.1, 0.15) is 5.84 Å². The van der Waals surface area contributed by atoms with Gasteiger partial charge in [0.2, 0.25) is 0 Å². The fourth-order valence-corrected chi connectivity index (χ4v) is 3.00. The minimum atomic E-state index is 0.122. The van der Waals surface area contributed by atoms with Crippen molar-refractivity contribution in [3.63, 3.8) is 0 Å². The second-order valence-electron chi connectivity index (χ2n) is 4.78. The highest BCUT2D eigenvalue weighted by atomic mass is 32.2. The van der Waals surface area contributed by atoms with Crippen LogP contribution >= 0.6 is 11.8 Å². The van der Waals surface area contributed by atoms with Gasteiger partial charge in [-0.3, -0.25) is 5.41 Å². The van der Waals surface area contributed by atoms with Crippen molar-refractivity contribution in [1.82, 2.24) is 0 Å². The molecule has 0 atom stereocenters. The van der Waals surface area contributed by atoms with E-state index in [2.05, 4.69) is 38.1 Å². The van der Waals surface area contributed by atoms with Crippen LogP contribution in [0, 0.1) is 26.2 Å². The molecule has 2 aromatic carbocycles. The van der Waals surface area contributed by atoms with E-state index >= 15 is 0 Å². The van der Waals surface area contributed by atoms with Crippen LogP contribution in [0.15, 0.2) is 46.2 Å². The molecule has 0 fully saturated rings. The monoisotopic (exact) mass is 270 g/mol. The Labute approximate surface area is 118 Å². The smallest absolute Gasteiger partial charge is 0.123 e. The van der Waals surface area contributed by atoms with E-state index in [0.717, 1.165) is 16.0 Å². The fourth-order valence-electron chi connectivity index (χ4n) is 1.88. The zero-order valence-corrected chi connectivity index (χ0v) is 12.3. The summed E-state index contributed by atoms with van der Waals surface area (Å²) in [5.41, 5.74) is 10.1. The van der Waals surface area contributed by atoms with Gasteiger partial charge in [-0.1, -0.05) is 35.5 Å². The number of nitrogens with one attached hydrogen (secondary N) is 1. The third-order valence-electron chi connectivity index (χ3n) is 2.99. The first-order chi connectivity index (χ1) is 8.97. The summed E-state index contributed by atoms with van der Waals surface area (Å²) in [6.07, 6.45) is 0. The van der Waals surface area contributed by atoms with E-state index in [9.17, 15) is 0 Å². The van der Waals surface area contributed by atoms with Crippen molar-refractivity contribution < 1.29 is 0 Å². The Morgan fingerprint density at radius 3 is 2.26 bits per heavy atom. The normalized spacial score (nSPS) is 10.5. The molecule has 3 N–H and O–H groups in total. The van der Waals surface area contributed by atoms with Gasteiger partial charge in [-0.25, -0.2) is 0 Å². The second kappa shape index (κ2) is 5.49. The molecule has 0 aliphatic heterocycles. The lowest BCUT2D eigenvalue weighted by Crippen LogP contribution is -2.12. The van der Waals surface area contributed by atoms with Gasteiger partial charge in [-0.05, 0) is 50.1 Å². The summed E-state index contributed by atoms with van der Waals surface area (Å²) in [5.74, 6) is 0.122. The Hall–Kier alpha value is -1.74. The molecule has 19 heavy (non-hydrogen) atoms. The highest BCUT2D eigenvalue weighted by Gasteiger charge is 2.09. The Morgan fingerprint density at radius 1 is 0.947 bits per heavy atom. The SMILES string of the molecule is Cc1ccc(C)c(Sc2ccc(C)cc2C(=N)N)c1. The highest BCUT2D eigenvalue weighted by Crippen LogP contribution is 2.33. The van der Waals surface area contributed by atoms with Crippen molar-refractivity contribution in [1.29, 1.82) is 5.41 Å². The van der Waals surface area contributed by atoms with Gasteiger partial charge in [0.05, 0.1) is 0 Å². The molecule has 2 nitrogen and oxygen atoms in total. The fraction of sp³-hybridized carbons (Fsp3) is 0.188. The first kappa shape index (κ1) is 13.7. The average molecular weight is 270 g/mol. The lowest BCUT2D eigenvalue weighted by molar-refractivity contribution is 1.24. The van der Waals surface area contributed by atoms with Crippen LogP contribution in [-0.2, 0) is 0 Å². The predicted octanol–water partition coefficient (Wildman–Crippen LogP) is 4.05. The Balaban J connectivity index is 2.43. The standard InChI is InChI=1S/C16H18N2S/c1-10-5-7-14(13(8-10)16(17)18)19-15-9-11(2)4-6-12(15)3/h4-9H,1-3H3,(H3,17,18). The quantitative estimate of drug-likeness (QED) is 0.653. The number of hydrogen-bond acceptors (Lipinski definition) is 2. The second-order valence-corrected chi connectivity index (χ2v) is 5.87. The summed E-state index contributed by atoms with van der Waals surface area (Å²) in [5, 5.41) is 7.70. The van der Waals surface area contributed by atoms with Gasteiger partial charge in [-0.15, -0.1) is 0 Å². The number of hydrogen-bond donors (Lipinski definition) is 2. The number of aryl methyl sites for hydroxylation is 3. The number of nitrogens with two attached hydrogens (primary N) is 1. The molecule has 0 radical (unpaired) electrons. The number of benzene rings is 2. The summed E-state index contributed by atoms with van der Waals surface area (Å²) < 4.78 is 0. The number of amidine groups is 1. The van der Waals surface area contributed by atoms with Gasteiger partial charge in [0.15, 0.2) is 0 Å². The van der Waals surface area contributed by atoms with Gasteiger partial charge >= 0.3 is 0 Å². The van der Waals surface area contributed by atoms with Crippen LogP contribution in [-0.4, -0.2) is 5.84 Å². The molecule has 0 saturated heterocycles. The summed E-state index contributed by atoms with van der Waals surface area (Å²) in [6.45, 7) is 6.20. The van der Waals surface area contributed by atoms with Crippen LogP contribution in [0.5, 0.6) is 0 Å². The van der Waals surface area contributed by atoms with Crippen molar-refractivity contribution in [2.45, 2.75) is 30.6 Å². The lowest BCUT2D eigenvalue weighted by Gasteiger charge is -2.11. The zero-order chi connectivity index (χ0) is 14.0. The molecular weight excluding hydrogens is 252 g/mol. The molecule has 2 rings (SSSR count). The van der Waals surface area contributed by atoms with E-state index in [1.54, 1.807) is 11.8 Å². The van der Waals surface area contributed by atoms with Crippen LogP contribution in [0.3, 0.4) is 0 Å². The number of rotatable bonds is 3. The van der Waals surface area contributed by atoms with E-state index in [-0.39, 0.29) is 5.84 Å². The van der Waals surface area contributed by atoms with E-state index in [1.165, 1.54) is 16.0 Å². The van der Waals surface area contributed by atoms with Gasteiger partial charge in [0, 0.05) is 15.4 Å². The molecule has 0 aliphatic rings. The first-order valence-corrected chi connectivity index (χ1v) is 6.99. The summed E-state index contributed by atoms with van der Waals surface area (Å²) >= 11 is 1.67. The largest absolute Gasteiger partial charge is 0.384 e. The maximum atomic E-state index is 7.70. The summed E-state index contributed by atoms with van der Waals surface area (Å²) in [7, 11) is 0. The van der Waals surface area contributed by atoms with Crippen LogP contribution in [0.4, 0.5) is 0 Å². The minimum Gasteiger partial charge on any atom is -0.384 e. The average Bonchev–Trinajstić information content (AvgIpc) is 2.35. The van der Waals surface area contributed by atoms with Crippen LogP contribution < -0.4 is 5.73 Å². The molecule has 0 spiro atoms. The molecule has 0 saturated carbocycles. The minimum absolute atomic E-state index is 0.122. The summed E-state index contributed by atoms with van der Waals surface area (Å²) in [4.78, 5) is 2.25. The zero-order valence-electron chi connectivity index (χ0n) is 11.4. The molecule has 0 bridgehead atoms. The Morgan fingerprint density at radius 2 is 1.58 bits per heavy atom. The summed E-state index contributed by atoms with van der Waals surface area (Å²) in [6, 6.07) is 12.5. The predicted molar refractivity (Wildman–Crippen MR) is 82.2 cm³/mol. The van der Waals surface area contributed by atoms with E-state index < -0.39 is 0 Å². The molecule has 0 unspecified atom stereocenters. The lowest BCUT2D eigenvalue weighted by atomic mass is 10.1. The maximum Gasteiger partial charge on any atom is 0.123 e. The van der Waals surface area contributed by atoms with Gasteiger partial charge in [0.25, 0.3) is 0 Å². The molecule has 0 aliphatic carbocycles. The maximum absolute atomic E-state index is 7.70. The third-order valence-corrected chi connectivity index (χ3v) is 4.22. The van der Waals surface area contributed by atoms with Crippen molar-refractivity contribution in [3.8, 4) is 0 Å². The molecular formula is C16H18N2S. The molecule has 98 valence electrons. The highest BCUT2D eigenvalue weighted by molar-refractivity contribution is 7.99. The molecule has 0 aromatic heterocycles.